The number of nitrogens with zero attached hydrogens (tertiary/aromatic N) is 1. The monoisotopic (exact) mass is 816 g/mol. The lowest BCUT2D eigenvalue weighted by Gasteiger charge is -2.64. The highest BCUT2D eigenvalue weighted by Crippen LogP contribution is 2.71. The van der Waals surface area contributed by atoms with Crippen molar-refractivity contribution in [1.82, 2.24) is 10.2 Å². The first-order chi connectivity index (χ1) is 28.1. The first-order valence-corrected chi connectivity index (χ1v) is 21.4. The molecule has 2 N–H and O–H groups in total. The highest BCUT2D eigenvalue weighted by Gasteiger charge is 2.86. The van der Waals surface area contributed by atoms with E-state index in [1.165, 1.54) is 12.7 Å². The van der Waals surface area contributed by atoms with E-state index < -0.39 is 46.3 Å². The Kier molecular flexibility index (Phi) is 12.2. The summed E-state index contributed by atoms with van der Waals surface area (Å²) in [7, 11) is 1.33. The maximum Gasteiger partial charge on any atom is 0.333 e. The third-order valence-electron chi connectivity index (χ3n) is 13.5. The summed E-state index contributed by atoms with van der Waals surface area (Å²) in [4.78, 5) is 46.7. The zero-order chi connectivity index (χ0) is 42.5. The van der Waals surface area contributed by atoms with Gasteiger partial charge >= 0.3 is 5.97 Å². The van der Waals surface area contributed by atoms with E-state index in [9.17, 15) is 9.90 Å². The number of carbonyl (C=O) groups is 3. The quantitative estimate of drug-likeness (QED) is 0.0933. The Bertz CT molecular complexity index is 1970. The standard InChI is InChI=1S/C47H64N2O10/c1-28(2)11-10-16-45(8)17-15-32-39(57-45)31(13-12-29(3)4)41-35(40(32)56-24-20-48-19-23-50)38(51)36-37(49-21-25-55-26-22-49)33-27-34-44(6,7)59-46(42(33)52,47(34,36)58-41)18-14-30(5)43(53)54-9/h11-12,14-15,17,33-34,36-37,48,50H,10,13,16,18-27H2,1-9H3/b30-14-. The van der Waals surface area contributed by atoms with Crippen LogP contribution in [0, 0.1) is 17.8 Å². The molecule has 4 aliphatic heterocycles. The van der Waals surface area contributed by atoms with Gasteiger partial charge in [0.05, 0.1) is 44.0 Å². The minimum Gasteiger partial charge on any atom is -0.491 e. The van der Waals surface area contributed by atoms with Gasteiger partial charge < -0.3 is 38.8 Å². The number of aliphatic hydroxyl groups excluding tert-OH is 1. The van der Waals surface area contributed by atoms with Gasteiger partial charge in [-0.15, -0.1) is 0 Å². The average Bonchev–Trinajstić information content (AvgIpc) is 3.34. The highest BCUT2D eigenvalue weighted by molar-refractivity contribution is 6.10. The lowest BCUT2D eigenvalue weighted by molar-refractivity contribution is -0.216. The van der Waals surface area contributed by atoms with Crippen LogP contribution in [0.5, 0.6) is 17.2 Å². The van der Waals surface area contributed by atoms with Crippen LogP contribution in [0.25, 0.3) is 6.08 Å². The van der Waals surface area contributed by atoms with Crippen LogP contribution in [0.3, 0.4) is 0 Å². The SMILES string of the molecule is COC(=O)/C(C)=C\CC12OC(C)(C)C3CC(C1=O)C(N1CCOCC1)C1C(=O)c4c(OCCNCCO)c5c(c(CC=C(C)C)c4OC132)OC(C)(CCC=C(C)C)C=C5. The number of allylic oxidation sites excluding steroid dienone is 4. The van der Waals surface area contributed by atoms with Crippen molar-refractivity contribution >= 4 is 23.6 Å². The molecule has 0 radical (unpaired) electrons. The highest BCUT2D eigenvalue weighted by atomic mass is 16.6. The number of hydrogen-bond donors (Lipinski definition) is 2. The van der Waals surface area contributed by atoms with Crippen molar-refractivity contribution in [2.45, 2.75) is 116 Å². The Morgan fingerprint density at radius 3 is 2.41 bits per heavy atom. The fraction of sp³-hybridized carbons (Fsp3) is 0.638. The molecule has 3 aliphatic carbocycles. The van der Waals surface area contributed by atoms with Crippen LogP contribution in [0.15, 0.2) is 41.0 Å². The first-order valence-electron chi connectivity index (χ1n) is 21.4. The van der Waals surface area contributed by atoms with Gasteiger partial charge in [-0.3, -0.25) is 14.5 Å². The molecule has 1 spiro atoms. The van der Waals surface area contributed by atoms with Crippen molar-refractivity contribution < 1.29 is 47.9 Å². The molecule has 5 fully saturated rings. The number of esters is 1. The Morgan fingerprint density at radius 1 is 1.00 bits per heavy atom. The van der Waals surface area contributed by atoms with Crippen LogP contribution in [0.4, 0.5) is 0 Å². The third-order valence-corrected chi connectivity index (χ3v) is 13.5. The van der Waals surface area contributed by atoms with Gasteiger partial charge in [0.15, 0.2) is 22.8 Å². The zero-order valence-corrected chi connectivity index (χ0v) is 36.5. The second-order valence-corrected chi connectivity index (χ2v) is 18.4. The molecule has 4 heterocycles. The van der Waals surface area contributed by atoms with Gasteiger partial charge in [0.2, 0.25) is 0 Å². The summed E-state index contributed by atoms with van der Waals surface area (Å²) in [5.41, 5.74) is -0.137. The summed E-state index contributed by atoms with van der Waals surface area (Å²) >= 11 is 0. The van der Waals surface area contributed by atoms with Gasteiger partial charge in [0.25, 0.3) is 0 Å². The molecule has 59 heavy (non-hydrogen) atoms. The van der Waals surface area contributed by atoms with Crippen molar-refractivity contribution in [3.63, 3.8) is 0 Å². The Labute approximate surface area is 349 Å². The molecule has 0 aromatic heterocycles. The van der Waals surface area contributed by atoms with Crippen LogP contribution in [0.1, 0.15) is 103 Å². The van der Waals surface area contributed by atoms with E-state index in [-0.39, 0.29) is 37.1 Å². The fourth-order valence-electron chi connectivity index (χ4n) is 10.8. The van der Waals surface area contributed by atoms with Gasteiger partial charge in [0, 0.05) is 61.6 Å². The van der Waals surface area contributed by atoms with Gasteiger partial charge in [-0.05, 0) is 93.2 Å². The van der Waals surface area contributed by atoms with E-state index in [1.807, 2.05) is 33.8 Å². The number of morpholine rings is 1. The van der Waals surface area contributed by atoms with Gasteiger partial charge in [-0.1, -0.05) is 29.4 Å². The van der Waals surface area contributed by atoms with Crippen LogP contribution in [0.2, 0.25) is 0 Å². The summed E-state index contributed by atoms with van der Waals surface area (Å²) in [6.45, 7) is 19.2. The number of hydrogen-bond acceptors (Lipinski definition) is 12. The van der Waals surface area contributed by atoms with Gasteiger partial charge in [-0.25, -0.2) is 4.79 Å². The van der Waals surface area contributed by atoms with E-state index >= 15 is 9.59 Å². The molecule has 322 valence electrons. The van der Waals surface area contributed by atoms with Crippen molar-refractivity contribution in [2.24, 2.45) is 17.8 Å². The zero-order valence-electron chi connectivity index (χ0n) is 36.5. The molecule has 1 aromatic carbocycles. The van der Waals surface area contributed by atoms with E-state index in [4.69, 9.17) is 28.4 Å². The minimum absolute atomic E-state index is 0.0135. The summed E-state index contributed by atoms with van der Waals surface area (Å²) in [5, 5.41) is 12.6. The molecule has 2 saturated heterocycles. The summed E-state index contributed by atoms with van der Waals surface area (Å²) < 4.78 is 39.6. The number of benzene rings is 1. The number of fused-ring (bicyclic) bond motifs is 2. The summed E-state index contributed by atoms with van der Waals surface area (Å²) in [6.07, 6.45) is 12.6. The number of aliphatic hydroxyl groups is 1. The van der Waals surface area contributed by atoms with Crippen LogP contribution < -0.4 is 19.5 Å². The molecule has 12 nitrogen and oxygen atoms in total. The fourth-order valence-corrected chi connectivity index (χ4v) is 10.8. The van der Waals surface area contributed by atoms with Crippen molar-refractivity contribution in [1.29, 1.82) is 0 Å². The molecule has 1 aromatic rings. The topological polar surface area (TPSA) is 142 Å². The Morgan fingerprint density at radius 2 is 1.73 bits per heavy atom. The number of ether oxygens (including phenoxy) is 6. The van der Waals surface area contributed by atoms with E-state index in [0.717, 1.165) is 24.0 Å². The first kappa shape index (κ1) is 43.3. The normalized spacial score (nSPS) is 31.4. The smallest absolute Gasteiger partial charge is 0.333 e. The molecule has 7 unspecified atom stereocenters. The second kappa shape index (κ2) is 16.6. The third kappa shape index (κ3) is 7.30. The number of carbonyl (C=O) groups excluding carboxylic acids is 3. The maximum absolute atomic E-state index is 16.2. The Hall–Kier alpha value is -3.81. The number of ketones is 2. The summed E-state index contributed by atoms with van der Waals surface area (Å²) in [5.74, 6) is -1.08. The maximum atomic E-state index is 16.2. The van der Waals surface area contributed by atoms with Crippen molar-refractivity contribution in [3.8, 4) is 17.2 Å². The largest absolute Gasteiger partial charge is 0.491 e. The predicted octanol–water partition coefficient (Wildman–Crippen LogP) is 5.97. The van der Waals surface area contributed by atoms with Gasteiger partial charge in [0.1, 0.15) is 35.0 Å². The lowest BCUT2D eigenvalue weighted by atomic mass is 9.44. The Balaban J connectivity index is 1.50. The number of nitrogens with one attached hydrogen (secondary N) is 1. The molecule has 3 saturated carbocycles. The molecule has 8 rings (SSSR count). The second-order valence-electron chi connectivity index (χ2n) is 18.4. The number of rotatable bonds is 15. The van der Waals surface area contributed by atoms with Crippen LogP contribution in [-0.4, -0.2) is 116 Å². The van der Waals surface area contributed by atoms with Crippen molar-refractivity contribution in [2.75, 3.05) is 59.7 Å². The average molecular weight is 817 g/mol. The van der Waals surface area contributed by atoms with E-state index in [0.29, 0.717) is 86.2 Å². The molecular weight excluding hydrogens is 753 g/mol. The molecule has 4 bridgehead atoms. The predicted molar refractivity (Wildman–Crippen MR) is 224 cm³/mol. The van der Waals surface area contributed by atoms with Gasteiger partial charge in [-0.2, -0.15) is 0 Å². The van der Waals surface area contributed by atoms with Crippen molar-refractivity contribution in [3.05, 3.63) is 57.7 Å². The minimum atomic E-state index is -1.58. The molecule has 7 atom stereocenters. The molecule has 7 aliphatic rings. The molecule has 12 heteroatoms. The summed E-state index contributed by atoms with van der Waals surface area (Å²) in [6, 6.07) is -0.471. The number of methoxy groups -OCH3 is 1. The van der Waals surface area contributed by atoms with Crippen LogP contribution in [-0.2, 0) is 30.2 Å². The molecular formula is C47H64N2O10. The lowest BCUT2D eigenvalue weighted by Crippen LogP contribution is -2.82. The van der Waals surface area contributed by atoms with E-state index in [1.54, 1.807) is 13.0 Å². The van der Waals surface area contributed by atoms with Crippen LogP contribution >= 0.6 is 0 Å². The van der Waals surface area contributed by atoms with E-state index in [2.05, 4.69) is 49.2 Å². The molecule has 0 amide bonds. The number of Topliss-reactive ketones (excluding diaryl/α,β-unsaturated/α-hetero) is 2.